The first-order valence-corrected chi connectivity index (χ1v) is 5.08. The van der Waals surface area contributed by atoms with Crippen LogP contribution in [0.1, 0.15) is 29.3 Å². The summed E-state index contributed by atoms with van der Waals surface area (Å²) in [6, 6.07) is 5.92. The molecule has 1 amide bonds. The predicted molar refractivity (Wildman–Crippen MR) is 61.9 cm³/mol. The molecule has 4 heteroatoms. The first kappa shape index (κ1) is 12.8. The number of carboxylic acids is 1. The molecule has 1 unspecified atom stereocenters. The van der Waals surface area contributed by atoms with Gasteiger partial charge in [-0.25, -0.2) is 0 Å². The van der Waals surface area contributed by atoms with Gasteiger partial charge in [0, 0.05) is 17.2 Å². The highest BCUT2D eigenvalue weighted by atomic mass is 16.4. The van der Waals surface area contributed by atoms with E-state index < -0.39 is 12.0 Å². The van der Waals surface area contributed by atoms with Gasteiger partial charge in [0.05, 0.1) is 6.42 Å². The maximum atomic E-state index is 11.7. The van der Waals surface area contributed by atoms with Crippen LogP contribution < -0.4 is 5.32 Å². The third-order valence-corrected chi connectivity index (χ3v) is 2.15. The number of carbonyl (C=O) groups excluding carboxylic acids is 1. The molecule has 1 atom stereocenters. The molecule has 0 spiro atoms. The topological polar surface area (TPSA) is 66.4 Å². The van der Waals surface area contributed by atoms with E-state index in [1.165, 1.54) is 0 Å². The minimum absolute atomic E-state index is 0.113. The van der Waals surface area contributed by atoms with Crippen molar-refractivity contribution in [1.29, 1.82) is 0 Å². The van der Waals surface area contributed by atoms with Crippen LogP contribution in [-0.2, 0) is 4.79 Å². The van der Waals surface area contributed by atoms with Crippen molar-refractivity contribution in [3.8, 4) is 5.92 Å². The fourth-order valence-corrected chi connectivity index (χ4v) is 1.33. The first-order chi connectivity index (χ1) is 8.02. The number of carbonyl (C=O) groups is 2. The Kier molecular flexibility index (Phi) is 4.29. The van der Waals surface area contributed by atoms with Crippen molar-refractivity contribution in [2.75, 3.05) is 0 Å². The molecule has 0 heterocycles. The lowest BCUT2D eigenvalue weighted by Crippen LogP contribution is -2.34. The molecular weight excluding hydrogens is 218 g/mol. The first-order valence-electron chi connectivity index (χ1n) is 5.08. The molecule has 0 aliphatic heterocycles. The lowest BCUT2D eigenvalue weighted by atomic mass is 10.1. The molecule has 1 aromatic rings. The van der Waals surface area contributed by atoms with Crippen molar-refractivity contribution in [3.63, 3.8) is 0 Å². The van der Waals surface area contributed by atoms with Crippen molar-refractivity contribution in [2.45, 2.75) is 19.4 Å². The molecule has 17 heavy (non-hydrogen) atoms. The Morgan fingerprint density at radius 3 is 2.47 bits per heavy atom. The molecule has 1 aromatic carbocycles. The Balaban J connectivity index is 2.64. The summed E-state index contributed by atoms with van der Waals surface area (Å²) in [5, 5.41) is 11.1. The van der Waals surface area contributed by atoms with Gasteiger partial charge in [0.25, 0.3) is 5.91 Å². The van der Waals surface area contributed by atoms with E-state index in [0.29, 0.717) is 11.1 Å². The molecule has 4 nitrogen and oxygen atoms in total. The minimum atomic E-state index is -0.952. The SMILES string of the molecule is [C]#Cc1ccc(C(=O)NC(C)CC(=O)O)cc1. The van der Waals surface area contributed by atoms with Gasteiger partial charge < -0.3 is 10.4 Å². The van der Waals surface area contributed by atoms with E-state index in [1.807, 2.05) is 0 Å². The summed E-state index contributed by atoms with van der Waals surface area (Å²) < 4.78 is 0. The van der Waals surface area contributed by atoms with E-state index in [9.17, 15) is 9.59 Å². The van der Waals surface area contributed by atoms with Gasteiger partial charge in [-0.3, -0.25) is 9.59 Å². The molecule has 0 bridgehead atoms. The standard InChI is InChI=1S/C13H12NO3/c1-3-10-4-6-11(7-5-10)13(17)14-9(2)8-12(15)16/h4-7,9H,8H2,2H3,(H,14,17)(H,15,16). The van der Waals surface area contributed by atoms with Crippen LogP contribution in [-0.4, -0.2) is 23.0 Å². The highest BCUT2D eigenvalue weighted by Gasteiger charge is 2.12. The third-order valence-electron chi connectivity index (χ3n) is 2.15. The molecular formula is C13H12NO3. The van der Waals surface area contributed by atoms with E-state index in [0.717, 1.165) is 0 Å². The van der Waals surface area contributed by atoms with Crippen LogP contribution in [0.25, 0.3) is 0 Å². The second-order valence-corrected chi connectivity index (χ2v) is 3.67. The van der Waals surface area contributed by atoms with E-state index in [2.05, 4.69) is 11.2 Å². The highest BCUT2D eigenvalue weighted by molar-refractivity contribution is 5.94. The van der Waals surface area contributed by atoms with E-state index in [-0.39, 0.29) is 12.3 Å². The van der Waals surface area contributed by atoms with Gasteiger partial charge in [-0.05, 0) is 37.6 Å². The van der Waals surface area contributed by atoms with Gasteiger partial charge >= 0.3 is 5.97 Å². The minimum Gasteiger partial charge on any atom is -0.481 e. The molecule has 87 valence electrons. The molecule has 0 saturated carbocycles. The number of carboxylic acid groups (broad SMARTS) is 1. The van der Waals surface area contributed by atoms with E-state index >= 15 is 0 Å². The summed E-state index contributed by atoms with van der Waals surface area (Å²) in [6.07, 6.45) is 6.78. The largest absolute Gasteiger partial charge is 0.481 e. The normalized spacial score (nSPS) is 11.3. The maximum absolute atomic E-state index is 11.7. The molecule has 0 fully saturated rings. The molecule has 0 aliphatic carbocycles. The number of hydrogen-bond donors (Lipinski definition) is 2. The van der Waals surface area contributed by atoms with Crippen LogP contribution in [0.2, 0.25) is 0 Å². The Morgan fingerprint density at radius 1 is 1.41 bits per heavy atom. The number of amides is 1. The summed E-state index contributed by atoms with van der Waals surface area (Å²) >= 11 is 0. The number of rotatable bonds is 4. The van der Waals surface area contributed by atoms with Crippen molar-refractivity contribution in [3.05, 3.63) is 41.8 Å². The maximum Gasteiger partial charge on any atom is 0.305 e. The number of benzene rings is 1. The third kappa shape index (κ3) is 3.99. The number of hydrogen-bond acceptors (Lipinski definition) is 2. The highest BCUT2D eigenvalue weighted by Crippen LogP contribution is 2.04. The van der Waals surface area contributed by atoms with Gasteiger partial charge in [0.1, 0.15) is 0 Å². The molecule has 2 N–H and O–H groups in total. The Bertz CT molecular complexity index is 457. The smallest absolute Gasteiger partial charge is 0.305 e. The van der Waals surface area contributed by atoms with Crippen LogP contribution in [0.4, 0.5) is 0 Å². The van der Waals surface area contributed by atoms with E-state index in [4.69, 9.17) is 11.5 Å². The van der Waals surface area contributed by atoms with Crippen molar-refractivity contribution in [1.82, 2.24) is 5.32 Å². The van der Waals surface area contributed by atoms with Crippen LogP contribution in [0.3, 0.4) is 0 Å². The quantitative estimate of drug-likeness (QED) is 0.764. The molecule has 0 saturated heterocycles. The van der Waals surface area contributed by atoms with Gasteiger partial charge in [-0.15, -0.1) is 0 Å². The summed E-state index contributed by atoms with van der Waals surface area (Å²) in [4.78, 5) is 22.1. The number of nitrogens with one attached hydrogen (secondary N) is 1. The number of aliphatic carboxylic acids is 1. The van der Waals surface area contributed by atoms with Crippen LogP contribution in [0, 0.1) is 12.3 Å². The summed E-state index contributed by atoms with van der Waals surface area (Å²) in [7, 11) is 0. The fraction of sp³-hybridized carbons (Fsp3) is 0.231. The molecule has 1 radical (unpaired) electrons. The van der Waals surface area contributed by atoms with Crippen molar-refractivity contribution in [2.24, 2.45) is 0 Å². The molecule has 0 aliphatic rings. The Hall–Kier alpha value is -2.28. The Labute approximate surface area is 99.7 Å². The summed E-state index contributed by atoms with van der Waals surface area (Å²) in [5.74, 6) is 0.924. The average molecular weight is 230 g/mol. The molecule has 0 aromatic heterocycles. The monoisotopic (exact) mass is 230 g/mol. The zero-order valence-electron chi connectivity index (χ0n) is 9.36. The zero-order chi connectivity index (χ0) is 12.8. The van der Waals surface area contributed by atoms with Gasteiger partial charge in [-0.1, -0.05) is 5.92 Å². The Morgan fingerprint density at radius 2 is 2.00 bits per heavy atom. The summed E-state index contributed by atoms with van der Waals surface area (Å²) in [5.41, 5.74) is 1.02. The van der Waals surface area contributed by atoms with Crippen LogP contribution in [0.5, 0.6) is 0 Å². The van der Waals surface area contributed by atoms with Gasteiger partial charge in [0.15, 0.2) is 0 Å². The lowest BCUT2D eigenvalue weighted by molar-refractivity contribution is -0.137. The fourth-order valence-electron chi connectivity index (χ4n) is 1.33. The summed E-state index contributed by atoms with van der Waals surface area (Å²) in [6.45, 7) is 1.63. The van der Waals surface area contributed by atoms with E-state index in [1.54, 1.807) is 31.2 Å². The van der Waals surface area contributed by atoms with Crippen LogP contribution >= 0.6 is 0 Å². The predicted octanol–water partition coefficient (Wildman–Crippen LogP) is 1.22. The van der Waals surface area contributed by atoms with Crippen LogP contribution in [0.15, 0.2) is 24.3 Å². The van der Waals surface area contributed by atoms with Crippen molar-refractivity contribution >= 4 is 11.9 Å². The zero-order valence-corrected chi connectivity index (χ0v) is 9.36. The second kappa shape index (κ2) is 5.71. The van der Waals surface area contributed by atoms with Gasteiger partial charge in [0.2, 0.25) is 0 Å². The second-order valence-electron chi connectivity index (χ2n) is 3.67. The lowest BCUT2D eigenvalue weighted by Gasteiger charge is -2.11. The van der Waals surface area contributed by atoms with Gasteiger partial charge in [-0.2, -0.15) is 0 Å². The van der Waals surface area contributed by atoms with Crippen molar-refractivity contribution < 1.29 is 14.7 Å². The average Bonchev–Trinajstić information content (AvgIpc) is 2.28. The molecule has 1 rings (SSSR count).